The average Bonchev–Trinajstić information content (AvgIpc) is 3.32. The van der Waals surface area contributed by atoms with Gasteiger partial charge in [-0.2, -0.15) is 45.3 Å². The number of thiazole rings is 1. The van der Waals surface area contributed by atoms with Crippen LogP contribution in [0.1, 0.15) is 46.7 Å². The zero-order chi connectivity index (χ0) is 42.7. The van der Waals surface area contributed by atoms with Crippen molar-refractivity contribution in [2.45, 2.75) is 56.2 Å². The van der Waals surface area contributed by atoms with Crippen molar-refractivity contribution in [2.24, 2.45) is 5.92 Å². The van der Waals surface area contributed by atoms with Gasteiger partial charge in [0.1, 0.15) is 40.9 Å². The normalized spacial score (nSPS) is 18.0. The van der Waals surface area contributed by atoms with Crippen LogP contribution in [-0.2, 0) is 46.4 Å². The van der Waals surface area contributed by atoms with Gasteiger partial charge in [-0.1, -0.05) is 11.6 Å². The zero-order valence-electron chi connectivity index (χ0n) is 29.3. The lowest BCUT2D eigenvalue weighted by molar-refractivity contribution is -0.142. The first kappa shape index (κ1) is 40.5. The van der Waals surface area contributed by atoms with E-state index < -0.39 is 134 Å². The standard InChI is InChI=1S/C33H22ClF10N9O4S2/c1-59(56,57)50-27-22-17(34)2-3-19(23(22)52(49-27)10-31(37,38)39)53-29(47-28-24(30(53)55)58-11-45-28)18(6-12-4-13(35)7-14(36)5-12)46-20(54)9-51-26-21(25(48-51)33(42,43)44)15-8-16(15)32(26,40)41/h2-5,7,11,15-16,18H,6,8-10H2,1H3,(H,46,54)(H,49,50)/t15-,16+,18-/m0/s1. The number of hydrogen-bond acceptors (Lipinski definition) is 9. The van der Waals surface area contributed by atoms with Crippen molar-refractivity contribution < 1.29 is 57.1 Å². The second-order valence-corrected chi connectivity index (χ2v) is 16.9. The van der Waals surface area contributed by atoms with Gasteiger partial charge in [0.15, 0.2) is 17.2 Å². The Morgan fingerprint density at radius 2 is 1.76 bits per heavy atom. The molecule has 1 saturated carbocycles. The van der Waals surface area contributed by atoms with E-state index in [2.05, 4.69) is 25.5 Å². The van der Waals surface area contributed by atoms with Gasteiger partial charge in [0.25, 0.3) is 11.5 Å². The first-order chi connectivity index (χ1) is 27.4. The van der Waals surface area contributed by atoms with E-state index in [9.17, 15) is 53.1 Å². The molecular formula is C33H22ClF10N9O4S2. The quantitative estimate of drug-likeness (QED) is 0.146. The first-order valence-electron chi connectivity index (χ1n) is 16.8. The van der Waals surface area contributed by atoms with Gasteiger partial charge in [0.05, 0.1) is 39.4 Å². The Hall–Kier alpha value is -5.30. The highest BCUT2D eigenvalue weighted by atomic mass is 35.5. The summed E-state index contributed by atoms with van der Waals surface area (Å²) in [6, 6.07) is 2.47. The zero-order valence-corrected chi connectivity index (χ0v) is 31.7. The van der Waals surface area contributed by atoms with Crippen LogP contribution < -0.4 is 15.6 Å². The van der Waals surface area contributed by atoms with Crippen molar-refractivity contribution in [3.05, 3.63) is 91.2 Å². The second kappa shape index (κ2) is 13.6. The molecule has 2 aliphatic rings. The van der Waals surface area contributed by atoms with Gasteiger partial charge in [-0.15, -0.1) is 11.3 Å². The van der Waals surface area contributed by atoms with Crippen LogP contribution in [0.5, 0.6) is 0 Å². The minimum atomic E-state index is -5.18. The molecule has 0 saturated heterocycles. The number of amides is 1. The molecule has 4 aromatic heterocycles. The van der Waals surface area contributed by atoms with Crippen molar-refractivity contribution in [3.8, 4) is 5.69 Å². The lowest BCUT2D eigenvalue weighted by Crippen LogP contribution is -2.38. The Labute approximate surface area is 331 Å². The van der Waals surface area contributed by atoms with Crippen LogP contribution in [0.15, 0.2) is 40.6 Å². The fourth-order valence-corrected chi connectivity index (χ4v) is 8.80. The molecule has 0 unspecified atom stereocenters. The Bertz CT molecular complexity index is 2890. The number of alkyl halides is 8. The summed E-state index contributed by atoms with van der Waals surface area (Å²) in [7, 11) is -4.22. The van der Waals surface area contributed by atoms with E-state index in [4.69, 9.17) is 11.6 Å². The third-order valence-electron chi connectivity index (χ3n) is 9.57. The predicted molar refractivity (Wildman–Crippen MR) is 189 cm³/mol. The van der Waals surface area contributed by atoms with Crippen LogP contribution in [-0.4, -0.2) is 60.9 Å². The van der Waals surface area contributed by atoms with E-state index in [1.165, 1.54) is 5.51 Å². The molecule has 0 aliphatic heterocycles. The molecule has 59 heavy (non-hydrogen) atoms. The number of carbonyl (C=O) groups is 1. The summed E-state index contributed by atoms with van der Waals surface area (Å²) in [6.07, 6.45) is -10.4. The number of aromatic nitrogens is 7. The number of anilines is 1. The molecule has 312 valence electrons. The number of nitrogens with one attached hydrogen (secondary N) is 2. The summed E-state index contributed by atoms with van der Waals surface area (Å²) in [5.74, 6) is -11.2. The van der Waals surface area contributed by atoms with E-state index in [1.807, 2.05) is 4.72 Å². The molecule has 4 heterocycles. The number of sulfonamides is 1. The maximum absolute atomic E-state index is 15.4. The Morgan fingerprint density at radius 1 is 1.07 bits per heavy atom. The smallest absolute Gasteiger partial charge is 0.344 e. The highest BCUT2D eigenvalue weighted by molar-refractivity contribution is 7.92. The number of fused-ring (bicyclic) bond motifs is 5. The number of hydrogen-bond donors (Lipinski definition) is 2. The third kappa shape index (κ3) is 7.36. The maximum atomic E-state index is 15.4. The molecule has 0 spiro atoms. The Kier molecular flexibility index (Phi) is 9.34. The second-order valence-electron chi connectivity index (χ2n) is 13.8. The molecule has 2 aliphatic carbocycles. The summed E-state index contributed by atoms with van der Waals surface area (Å²) in [5, 5.41) is 8.71. The third-order valence-corrected chi connectivity index (χ3v) is 11.3. The number of benzene rings is 2. The van der Waals surface area contributed by atoms with E-state index >= 15 is 8.78 Å². The number of rotatable bonds is 10. The molecular weight excluding hydrogens is 876 g/mol. The van der Waals surface area contributed by atoms with Gasteiger partial charge in [0.2, 0.25) is 15.9 Å². The van der Waals surface area contributed by atoms with E-state index in [1.54, 1.807) is 0 Å². The molecule has 3 atom stereocenters. The van der Waals surface area contributed by atoms with Crippen LogP contribution >= 0.6 is 22.9 Å². The molecule has 0 bridgehead atoms. The van der Waals surface area contributed by atoms with Crippen LogP contribution in [0.4, 0.5) is 49.7 Å². The molecule has 2 N–H and O–H groups in total. The Morgan fingerprint density at radius 3 is 2.41 bits per heavy atom. The van der Waals surface area contributed by atoms with Gasteiger partial charge < -0.3 is 5.32 Å². The van der Waals surface area contributed by atoms with Crippen LogP contribution in [0.25, 0.3) is 26.9 Å². The fraction of sp³-hybridized carbons (Fsp3) is 0.333. The summed E-state index contributed by atoms with van der Waals surface area (Å²) in [6.45, 7) is -3.14. The number of nitrogens with zero attached hydrogens (tertiary/aromatic N) is 7. The van der Waals surface area contributed by atoms with Crippen LogP contribution in [0.2, 0.25) is 5.02 Å². The van der Waals surface area contributed by atoms with E-state index in [0.29, 0.717) is 21.6 Å². The molecule has 13 nitrogen and oxygen atoms in total. The van der Waals surface area contributed by atoms with Gasteiger partial charge in [-0.25, -0.2) is 27.2 Å². The molecule has 1 fully saturated rings. The van der Waals surface area contributed by atoms with E-state index in [0.717, 1.165) is 35.6 Å². The number of halogens is 11. The van der Waals surface area contributed by atoms with Gasteiger partial charge >= 0.3 is 12.4 Å². The van der Waals surface area contributed by atoms with Gasteiger partial charge in [-0.3, -0.25) is 28.2 Å². The minimum Gasteiger partial charge on any atom is -0.344 e. The topological polar surface area (TPSA) is 159 Å². The van der Waals surface area contributed by atoms with Gasteiger partial charge in [0, 0.05) is 24.0 Å². The largest absolute Gasteiger partial charge is 0.435 e. The summed E-state index contributed by atoms with van der Waals surface area (Å²) >= 11 is 7.13. The maximum Gasteiger partial charge on any atom is 0.435 e. The minimum absolute atomic E-state index is 0.206. The predicted octanol–water partition coefficient (Wildman–Crippen LogP) is 6.58. The van der Waals surface area contributed by atoms with Crippen LogP contribution in [0.3, 0.4) is 0 Å². The van der Waals surface area contributed by atoms with Crippen molar-refractivity contribution in [1.29, 1.82) is 0 Å². The molecule has 0 radical (unpaired) electrons. The summed E-state index contributed by atoms with van der Waals surface area (Å²) in [4.78, 5) is 36.6. The highest BCUT2D eigenvalue weighted by Crippen LogP contribution is 2.68. The lowest BCUT2D eigenvalue weighted by atomic mass is 10.0. The molecule has 1 amide bonds. The van der Waals surface area contributed by atoms with Crippen LogP contribution in [0, 0.1) is 17.6 Å². The first-order valence-corrected chi connectivity index (χ1v) is 20.0. The fourth-order valence-electron chi connectivity index (χ4n) is 7.41. The van der Waals surface area contributed by atoms with E-state index in [-0.39, 0.29) is 32.0 Å². The Balaban J connectivity index is 1.32. The molecule has 8 rings (SSSR count). The highest BCUT2D eigenvalue weighted by Gasteiger charge is 2.68. The molecule has 26 heteroatoms. The SMILES string of the molecule is CS(=O)(=O)Nc1nn(CC(F)(F)F)c2c(-n3c([C@H](Cc4cc(F)cc(F)c4)NC(=O)Cn4nc(C(F)(F)F)c5c4C(F)(F)[C@@H]4C[C@H]54)nc4ncsc4c3=O)ccc(Cl)c12. The lowest BCUT2D eigenvalue weighted by Gasteiger charge is -2.24. The molecule has 2 aromatic carbocycles. The average molecular weight is 898 g/mol. The monoisotopic (exact) mass is 897 g/mol. The summed E-state index contributed by atoms with van der Waals surface area (Å²) < 4.78 is 171. The molecule has 6 aromatic rings. The van der Waals surface area contributed by atoms with Crippen molar-refractivity contribution in [3.63, 3.8) is 0 Å². The van der Waals surface area contributed by atoms with Crippen molar-refractivity contribution in [2.75, 3.05) is 11.0 Å². The van der Waals surface area contributed by atoms with Crippen molar-refractivity contribution >= 4 is 65.9 Å². The van der Waals surface area contributed by atoms with Gasteiger partial charge in [-0.05, 0) is 42.2 Å². The number of carbonyl (C=O) groups excluding carboxylic acids is 1. The summed E-state index contributed by atoms with van der Waals surface area (Å²) in [5.41, 5.74) is -4.94. The van der Waals surface area contributed by atoms with Crippen molar-refractivity contribution in [1.82, 2.24) is 39.4 Å².